The smallest absolute Gasteiger partial charge is 0.318 e. The number of nitrogens with zero attached hydrogens (tertiary/aromatic N) is 7. The van der Waals surface area contributed by atoms with Gasteiger partial charge in [0.05, 0.1) is 36.6 Å². The standard InChI is InChI=1S/C27H36N8O/c1-33-12-2-3-21(33)18-36-27-31-24-17-34(25-15-29-10-7-22(25)19-4-5-19)13-8-23(24)26(32-27)35-14-11-30-20(16-35)6-9-28/h7,10,15,19-21,30H,2-6,8,11-14,16-18H2,1H3/t20-,21-/m0/s1. The molecule has 0 spiro atoms. The summed E-state index contributed by atoms with van der Waals surface area (Å²) in [6.07, 6.45) is 10.2. The highest BCUT2D eigenvalue weighted by atomic mass is 16.5. The van der Waals surface area contributed by atoms with Crippen LogP contribution < -0.4 is 19.9 Å². The Hall–Kier alpha value is -2.96. The lowest BCUT2D eigenvalue weighted by Gasteiger charge is -2.37. The molecule has 5 heterocycles. The van der Waals surface area contributed by atoms with Crippen LogP contribution >= 0.6 is 0 Å². The van der Waals surface area contributed by atoms with Crippen molar-refractivity contribution in [2.75, 3.05) is 56.2 Å². The summed E-state index contributed by atoms with van der Waals surface area (Å²) < 4.78 is 6.26. The molecule has 6 rings (SSSR count). The van der Waals surface area contributed by atoms with Crippen LogP contribution in [0.1, 0.15) is 54.8 Å². The van der Waals surface area contributed by atoms with Crippen molar-refractivity contribution in [3.05, 3.63) is 35.3 Å². The fourth-order valence-corrected chi connectivity index (χ4v) is 5.95. The van der Waals surface area contributed by atoms with Crippen molar-refractivity contribution in [1.82, 2.24) is 25.2 Å². The zero-order chi connectivity index (χ0) is 24.5. The molecular weight excluding hydrogens is 452 g/mol. The molecule has 3 aliphatic heterocycles. The second-order valence-electron chi connectivity index (χ2n) is 10.7. The first kappa shape index (κ1) is 23.4. The molecule has 0 aromatic carbocycles. The highest BCUT2D eigenvalue weighted by Crippen LogP contribution is 2.45. The second kappa shape index (κ2) is 10.2. The van der Waals surface area contributed by atoms with Gasteiger partial charge in [-0.25, -0.2) is 0 Å². The summed E-state index contributed by atoms with van der Waals surface area (Å²) >= 11 is 0. The van der Waals surface area contributed by atoms with Crippen LogP contribution in [-0.2, 0) is 13.0 Å². The van der Waals surface area contributed by atoms with Crippen molar-refractivity contribution in [3.8, 4) is 12.1 Å². The zero-order valence-corrected chi connectivity index (χ0v) is 21.2. The summed E-state index contributed by atoms with van der Waals surface area (Å²) in [6, 6.07) is 5.56. The molecule has 0 radical (unpaired) electrons. The number of fused-ring (bicyclic) bond motifs is 1. The number of piperazine rings is 1. The van der Waals surface area contributed by atoms with Gasteiger partial charge in [-0.1, -0.05) is 0 Å². The molecule has 1 aliphatic carbocycles. The molecule has 2 aromatic heterocycles. The first-order valence-electron chi connectivity index (χ1n) is 13.5. The van der Waals surface area contributed by atoms with Crippen LogP contribution in [0.4, 0.5) is 11.5 Å². The molecule has 0 amide bonds. The molecule has 4 aliphatic rings. The van der Waals surface area contributed by atoms with Gasteiger partial charge < -0.3 is 24.8 Å². The second-order valence-corrected chi connectivity index (χ2v) is 10.7. The minimum absolute atomic E-state index is 0.155. The van der Waals surface area contributed by atoms with Crippen LogP contribution in [-0.4, -0.2) is 78.3 Å². The van der Waals surface area contributed by atoms with E-state index >= 15 is 0 Å². The molecule has 2 aromatic rings. The Labute approximate surface area is 213 Å². The van der Waals surface area contributed by atoms with E-state index in [0.717, 1.165) is 63.6 Å². The number of aromatic nitrogens is 3. The van der Waals surface area contributed by atoms with E-state index in [-0.39, 0.29) is 6.04 Å². The molecule has 0 bridgehead atoms. The van der Waals surface area contributed by atoms with Gasteiger partial charge in [-0.3, -0.25) is 4.98 Å². The quantitative estimate of drug-likeness (QED) is 0.631. The molecule has 36 heavy (non-hydrogen) atoms. The summed E-state index contributed by atoms with van der Waals surface area (Å²) in [6.45, 7) is 5.90. The van der Waals surface area contributed by atoms with E-state index in [1.54, 1.807) is 0 Å². The maximum absolute atomic E-state index is 9.24. The number of hydrogen-bond donors (Lipinski definition) is 1. The number of likely N-dealkylation sites (N-methyl/N-ethyl adjacent to an activating group) is 1. The number of nitriles is 1. The Morgan fingerprint density at radius 1 is 1.17 bits per heavy atom. The summed E-state index contributed by atoms with van der Waals surface area (Å²) in [5, 5.41) is 12.7. The van der Waals surface area contributed by atoms with Gasteiger partial charge in [-0.2, -0.15) is 15.2 Å². The minimum atomic E-state index is 0.155. The number of anilines is 2. The minimum Gasteiger partial charge on any atom is -0.462 e. The Bertz CT molecular complexity index is 1130. The monoisotopic (exact) mass is 488 g/mol. The topological polar surface area (TPSA) is 93.4 Å². The summed E-state index contributed by atoms with van der Waals surface area (Å²) in [5.74, 6) is 1.66. The maximum Gasteiger partial charge on any atom is 0.318 e. The van der Waals surface area contributed by atoms with E-state index in [4.69, 9.17) is 14.7 Å². The van der Waals surface area contributed by atoms with Gasteiger partial charge in [-0.15, -0.1) is 0 Å². The third kappa shape index (κ3) is 4.84. The van der Waals surface area contributed by atoms with E-state index in [1.807, 2.05) is 12.4 Å². The number of hydrogen-bond acceptors (Lipinski definition) is 9. The van der Waals surface area contributed by atoms with E-state index in [2.05, 4.69) is 44.2 Å². The Morgan fingerprint density at radius 3 is 2.89 bits per heavy atom. The van der Waals surface area contributed by atoms with Crippen molar-refractivity contribution in [1.29, 1.82) is 5.26 Å². The van der Waals surface area contributed by atoms with E-state index in [1.165, 1.54) is 36.1 Å². The zero-order valence-electron chi connectivity index (χ0n) is 21.2. The van der Waals surface area contributed by atoms with Crippen molar-refractivity contribution >= 4 is 11.5 Å². The van der Waals surface area contributed by atoms with Crippen LogP contribution in [0.25, 0.3) is 0 Å². The highest BCUT2D eigenvalue weighted by molar-refractivity contribution is 5.59. The van der Waals surface area contributed by atoms with Crippen LogP contribution in [0.3, 0.4) is 0 Å². The molecule has 1 N–H and O–H groups in total. The van der Waals surface area contributed by atoms with Gasteiger partial charge in [0.15, 0.2) is 0 Å². The van der Waals surface area contributed by atoms with E-state index in [9.17, 15) is 5.26 Å². The predicted molar refractivity (Wildman–Crippen MR) is 138 cm³/mol. The molecule has 190 valence electrons. The van der Waals surface area contributed by atoms with Gasteiger partial charge in [0.1, 0.15) is 12.4 Å². The maximum atomic E-state index is 9.24. The van der Waals surface area contributed by atoms with E-state index < -0.39 is 0 Å². The predicted octanol–water partition coefficient (Wildman–Crippen LogP) is 2.48. The fourth-order valence-electron chi connectivity index (χ4n) is 5.95. The Morgan fingerprint density at radius 2 is 2.08 bits per heavy atom. The van der Waals surface area contributed by atoms with Gasteiger partial charge in [0.2, 0.25) is 0 Å². The van der Waals surface area contributed by atoms with Gasteiger partial charge >= 0.3 is 6.01 Å². The van der Waals surface area contributed by atoms with Crippen molar-refractivity contribution in [2.24, 2.45) is 0 Å². The lowest BCUT2D eigenvalue weighted by atomic mass is 10.0. The lowest BCUT2D eigenvalue weighted by molar-refractivity contribution is 0.187. The number of pyridine rings is 1. The lowest BCUT2D eigenvalue weighted by Crippen LogP contribution is -2.51. The molecule has 9 heteroatoms. The fraction of sp³-hybridized carbons (Fsp3) is 0.630. The molecule has 2 atom stereocenters. The number of likely N-dealkylation sites (tertiary alicyclic amines) is 1. The highest BCUT2D eigenvalue weighted by Gasteiger charge is 2.32. The van der Waals surface area contributed by atoms with Crippen LogP contribution in [0.15, 0.2) is 18.5 Å². The Balaban J connectivity index is 1.29. The molecular formula is C27H36N8O. The first-order chi connectivity index (χ1) is 17.7. The van der Waals surface area contributed by atoms with Crippen LogP contribution in [0.5, 0.6) is 6.01 Å². The first-order valence-corrected chi connectivity index (χ1v) is 13.5. The van der Waals surface area contributed by atoms with Crippen molar-refractivity contribution in [3.63, 3.8) is 0 Å². The largest absolute Gasteiger partial charge is 0.462 e. The van der Waals surface area contributed by atoms with E-state index in [0.29, 0.717) is 31.0 Å². The van der Waals surface area contributed by atoms with Crippen molar-refractivity contribution < 1.29 is 4.74 Å². The molecule has 1 saturated carbocycles. The number of rotatable bonds is 7. The van der Waals surface area contributed by atoms with Gasteiger partial charge in [0, 0.05) is 50.0 Å². The Kier molecular flexibility index (Phi) is 6.63. The normalized spacial score (nSPS) is 24.4. The SMILES string of the molecule is CN1CCC[C@H]1COc1nc2c(c(N3CCN[C@@H](CC#N)C3)n1)CCN(c1cnccc1C1CC1)C2. The average Bonchev–Trinajstić information content (AvgIpc) is 3.68. The van der Waals surface area contributed by atoms with Gasteiger partial charge in [0.25, 0.3) is 0 Å². The third-order valence-electron chi connectivity index (χ3n) is 8.18. The third-order valence-corrected chi connectivity index (χ3v) is 8.18. The van der Waals surface area contributed by atoms with Crippen LogP contribution in [0, 0.1) is 11.3 Å². The summed E-state index contributed by atoms with van der Waals surface area (Å²) in [7, 11) is 2.17. The average molecular weight is 489 g/mol. The summed E-state index contributed by atoms with van der Waals surface area (Å²) in [5.41, 5.74) is 4.95. The molecule has 3 fully saturated rings. The van der Waals surface area contributed by atoms with Crippen molar-refractivity contribution in [2.45, 2.75) is 63.1 Å². The molecule has 0 unspecified atom stereocenters. The molecule has 2 saturated heterocycles. The van der Waals surface area contributed by atoms with Crippen LogP contribution in [0.2, 0.25) is 0 Å². The van der Waals surface area contributed by atoms with Gasteiger partial charge in [-0.05, 0) is 63.2 Å². The number of ether oxygens (including phenoxy) is 1. The molecule has 9 nitrogen and oxygen atoms in total. The summed E-state index contributed by atoms with van der Waals surface area (Å²) in [4.78, 5) is 21.5. The number of nitrogens with one attached hydrogen (secondary N) is 1.